The second-order valence-electron chi connectivity index (χ2n) is 6.15. The molecule has 2 aliphatic heterocycles. The third kappa shape index (κ3) is 1.89. The van der Waals surface area contributed by atoms with E-state index < -0.39 is 6.98 Å². The molecule has 0 unspecified atom stereocenters. The maximum absolute atomic E-state index is 8.12. The van der Waals surface area contributed by atoms with Gasteiger partial charge in [0.15, 0.2) is 29.2 Å². The molecule has 130 valence electrons. The van der Waals surface area contributed by atoms with Crippen molar-refractivity contribution >= 4 is 32.4 Å². The Balaban J connectivity index is 0.00000181. The number of nitrogens with zero attached hydrogens (tertiary/aromatic N) is 1. The Labute approximate surface area is 159 Å². The Bertz CT molecular complexity index is 1320. The van der Waals surface area contributed by atoms with Gasteiger partial charge in [0, 0.05) is 5.39 Å². The summed E-state index contributed by atoms with van der Waals surface area (Å²) in [6.45, 7) is -2.09. The molecule has 4 aromatic rings. The average molecular weight is 372 g/mol. The topological polar surface area (TPSA) is 40.8 Å². The molecule has 3 heterocycles. The summed E-state index contributed by atoms with van der Waals surface area (Å²) in [5.41, 5.74) is 0.613. The lowest BCUT2D eigenvalue weighted by molar-refractivity contribution is -0.642. The van der Waals surface area contributed by atoms with Gasteiger partial charge >= 0.3 is 0 Å². The van der Waals surface area contributed by atoms with Crippen LogP contribution in [0.2, 0.25) is 0 Å². The number of hydrogen-bond donors (Lipinski definition) is 0. The lowest BCUT2D eigenvalue weighted by atomic mass is 10.0. The van der Waals surface area contributed by atoms with Crippen molar-refractivity contribution in [3.63, 3.8) is 0 Å². The second kappa shape index (κ2) is 5.29. The Morgan fingerprint density at radius 1 is 0.808 bits per heavy atom. The monoisotopic (exact) mass is 371 g/mol. The number of halogens is 1. The summed E-state index contributed by atoms with van der Waals surface area (Å²) in [6.07, 6.45) is 1.63. The van der Waals surface area contributed by atoms with Gasteiger partial charge in [-0.3, -0.25) is 0 Å². The summed E-state index contributed by atoms with van der Waals surface area (Å²) < 4.78 is 47.8. The Hall–Kier alpha value is -2.92. The number of ether oxygens (including phenoxy) is 4. The SMILES string of the molecule is [2H][13C]([2H])([2H])[n+]1cc2c3c(ccc2c2ccc4cc5c(cc4c21)OCO5)OCO3.[Cl-]. The standard InChI is InChI=1S/C20H14NO4.ClH/c1-21-8-15-12(4-5-16-20(15)25-10-22-16)13-3-2-11-6-17-18(24-9-23-17)7-14(11)19(13)21;/h2-8H,9-10H2,1H3;1H/q+1;/p-1/i1+1D3;. The molecule has 6 heteroatoms. The van der Waals surface area contributed by atoms with Gasteiger partial charge in [0.05, 0.1) is 16.2 Å². The molecule has 5 nitrogen and oxygen atoms in total. The Kier molecular flexibility index (Phi) is 2.53. The van der Waals surface area contributed by atoms with Crippen LogP contribution in [0.1, 0.15) is 4.11 Å². The molecule has 6 rings (SSSR count). The van der Waals surface area contributed by atoms with Gasteiger partial charge < -0.3 is 31.4 Å². The first-order valence-electron chi connectivity index (χ1n) is 9.44. The zero-order chi connectivity index (χ0) is 19.0. The molecule has 0 amide bonds. The number of fused-ring (bicyclic) bond motifs is 8. The molecular formula is C20H14ClNO4. The fourth-order valence-corrected chi connectivity index (χ4v) is 3.73. The first-order chi connectivity index (χ1) is 13.5. The van der Waals surface area contributed by atoms with Crippen molar-refractivity contribution in [3.05, 3.63) is 42.6 Å². The highest BCUT2D eigenvalue weighted by Gasteiger charge is 2.24. The van der Waals surface area contributed by atoms with Crippen LogP contribution in [0.4, 0.5) is 0 Å². The van der Waals surface area contributed by atoms with E-state index >= 15 is 0 Å². The smallest absolute Gasteiger partial charge is 0.231 e. The first-order valence-corrected chi connectivity index (χ1v) is 7.94. The summed E-state index contributed by atoms with van der Waals surface area (Å²) in [4.78, 5) is 0. The van der Waals surface area contributed by atoms with E-state index in [-0.39, 0.29) is 26.0 Å². The number of benzene rings is 3. The summed E-state index contributed by atoms with van der Waals surface area (Å²) in [5.74, 6) is 2.47. The van der Waals surface area contributed by atoms with Crippen molar-refractivity contribution in [2.24, 2.45) is 6.98 Å². The highest BCUT2D eigenvalue weighted by atomic mass is 35.5. The molecule has 0 spiro atoms. The largest absolute Gasteiger partial charge is 1.00 e. The van der Waals surface area contributed by atoms with E-state index in [2.05, 4.69) is 0 Å². The quantitative estimate of drug-likeness (QED) is 0.255. The van der Waals surface area contributed by atoms with Gasteiger partial charge in [-0.2, -0.15) is 4.57 Å². The third-order valence-electron chi connectivity index (χ3n) is 4.85. The summed E-state index contributed by atoms with van der Waals surface area (Å²) >= 11 is 0. The minimum Gasteiger partial charge on any atom is -1.00 e. The lowest BCUT2D eigenvalue weighted by Gasteiger charge is -2.08. The predicted octanol–water partition coefficient (Wildman–Crippen LogP) is 0.432. The summed E-state index contributed by atoms with van der Waals surface area (Å²) in [7, 11) is 0. The molecular weight excluding hydrogens is 355 g/mol. The van der Waals surface area contributed by atoms with E-state index in [1.807, 2.05) is 36.4 Å². The van der Waals surface area contributed by atoms with Crippen LogP contribution in [-0.4, -0.2) is 13.6 Å². The molecule has 3 aromatic carbocycles. The van der Waals surface area contributed by atoms with Gasteiger partial charge in [0.25, 0.3) is 0 Å². The van der Waals surface area contributed by atoms with E-state index in [0.717, 1.165) is 21.5 Å². The number of aryl methyl sites for hydroxylation is 1. The molecule has 0 atom stereocenters. The minimum atomic E-state index is -2.38. The predicted molar refractivity (Wildman–Crippen MR) is 92.4 cm³/mol. The summed E-state index contributed by atoms with van der Waals surface area (Å²) in [5, 5.41) is 4.10. The number of aromatic nitrogens is 1. The van der Waals surface area contributed by atoms with Crippen LogP contribution in [0, 0.1) is 0 Å². The van der Waals surface area contributed by atoms with Crippen molar-refractivity contribution in [1.29, 1.82) is 0 Å². The van der Waals surface area contributed by atoms with Crippen molar-refractivity contribution in [2.75, 3.05) is 13.6 Å². The molecule has 0 radical (unpaired) electrons. The minimum absolute atomic E-state index is 0. The molecule has 1 aromatic heterocycles. The van der Waals surface area contributed by atoms with Crippen molar-refractivity contribution in [2.45, 2.75) is 0 Å². The zero-order valence-electron chi connectivity index (χ0n) is 16.4. The van der Waals surface area contributed by atoms with Crippen molar-refractivity contribution < 1.29 is 40.0 Å². The fourth-order valence-electron chi connectivity index (χ4n) is 3.73. The van der Waals surface area contributed by atoms with Gasteiger partial charge in [-0.05, 0) is 35.7 Å². The van der Waals surface area contributed by atoms with Gasteiger partial charge in [0.2, 0.25) is 19.1 Å². The van der Waals surface area contributed by atoms with E-state index in [1.165, 1.54) is 4.57 Å². The van der Waals surface area contributed by atoms with Crippen LogP contribution in [0.5, 0.6) is 23.0 Å². The van der Waals surface area contributed by atoms with Gasteiger partial charge in [-0.1, -0.05) is 6.07 Å². The highest BCUT2D eigenvalue weighted by molar-refractivity contribution is 6.15. The number of hydrogen-bond acceptors (Lipinski definition) is 4. The third-order valence-corrected chi connectivity index (χ3v) is 4.85. The second-order valence-corrected chi connectivity index (χ2v) is 6.15. The van der Waals surface area contributed by atoms with Crippen LogP contribution < -0.4 is 35.9 Å². The lowest BCUT2D eigenvalue weighted by Crippen LogP contribution is -3.00. The number of pyridine rings is 1. The molecule has 0 saturated heterocycles. The van der Waals surface area contributed by atoms with Crippen LogP contribution in [0.15, 0.2) is 42.6 Å². The van der Waals surface area contributed by atoms with E-state index in [1.54, 1.807) is 6.20 Å². The molecule has 0 bridgehead atoms. The van der Waals surface area contributed by atoms with Crippen LogP contribution in [-0.2, 0) is 6.98 Å². The molecule has 0 saturated carbocycles. The maximum Gasteiger partial charge on any atom is 0.231 e. The van der Waals surface area contributed by atoms with Crippen LogP contribution in [0.25, 0.3) is 32.4 Å². The summed E-state index contributed by atoms with van der Waals surface area (Å²) in [6, 6.07) is 11.4. The van der Waals surface area contributed by atoms with E-state index in [0.29, 0.717) is 33.9 Å². The Morgan fingerprint density at radius 3 is 2.46 bits per heavy atom. The van der Waals surface area contributed by atoms with Gasteiger partial charge in [0.1, 0.15) is 11.1 Å². The number of rotatable bonds is 0. The highest BCUT2D eigenvalue weighted by Crippen LogP contribution is 2.42. The molecule has 0 fully saturated rings. The van der Waals surface area contributed by atoms with Crippen molar-refractivity contribution in [1.82, 2.24) is 0 Å². The molecule has 26 heavy (non-hydrogen) atoms. The maximum atomic E-state index is 8.12. The van der Waals surface area contributed by atoms with E-state index in [9.17, 15) is 0 Å². The van der Waals surface area contributed by atoms with Gasteiger partial charge in [-0.15, -0.1) is 0 Å². The fraction of sp³-hybridized carbons (Fsp3) is 0.150. The van der Waals surface area contributed by atoms with Gasteiger partial charge in [-0.25, -0.2) is 0 Å². The van der Waals surface area contributed by atoms with Crippen LogP contribution in [0.3, 0.4) is 0 Å². The molecule has 2 aliphatic rings. The average Bonchev–Trinajstić information content (AvgIpc) is 3.32. The Morgan fingerprint density at radius 2 is 1.58 bits per heavy atom. The molecule has 0 aliphatic carbocycles. The van der Waals surface area contributed by atoms with E-state index in [4.69, 9.17) is 23.1 Å². The van der Waals surface area contributed by atoms with Crippen LogP contribution >= 0.6 is 0 Å². The van der Waals surface area contributed by atoms with Crippen molar-refractivity contribution in [3.8, 4) is 23.0 Å². The molecule has 0 N–H and O–H groups in total. The zero-order valence-corrected chi connectivity index (χ0v) is 14.2. The first kappa shape index (κ1) is 12.4. The normalized spacial score (nSPS) is 16.4.